The topological polar surface area (TPSA) is 75.6 Å². The standard InChI is InChI=1S/C19H18FNO4/c20-16-11-15(12-7-9-25-10-8-12)5-6-17(16)21-18(22)13-1-3-14(4-2-13)19(23)24/h1-6,11-12H,7-10H2,(H,21,22)(H,23,24). The second-order valence-electron chi connectivity index (χ2n) is 5.96. The molecular weight excluding hydrogens is 325 g/mol. The molecule has 6 heteroatoms. The summed E-state index contributed by atoms with van der Waals surface area (Å²) in [5.74, 6) is -1.77. The molecular formula is C19H18FNO4. The van der Waals surface area contributed by atoms with E-state index in [0.29, 0.717) is 13.2 Å². The maximum atomic E-state index is 14.3. The van der Waals surface area contributed by atoms with Crippen molar-refractivity contribution in [3.8, 4) is 0 Å². The molecule has 1 amide bonds. The Kier molecular flexibility index (Phi) is 5.09. The van der Waals surface area contributed by atoms with E-state index in [0.717, 1.165) is 18.4 Å². The van der Waals surface area contributed by atoms with Gasteiger partial charge in [0.25, 0.3) is 5.91 Å². The van der Waals surface area contributed by atoms with Crippen LogP contribution in [-0.4, -0.2) is 30.2 Å². The van der Waals surface area contributed by atoms with Crippen molar-refractivity contribution >= 4 is 17.6 Å². The molecule has 2 aromatic rings. The Hall–Kier alpha value is -2.73. The summed E-state index contributed by atoms with van der Waals surface area (Å²) in [5, 5.41) is 11.4. The van der Waals surface area contributed by atoms with Crippen LogP contribution in [-0.2, 0) is 4.74 Å². The lowest BCUT2D eigenvalue weighted by atomic mass is 9.91. The summed E-state index contributed by atoms with van der Waals surface area (Å²) >= 11 is 0. The fraction of sp³-hybridized carbons (Fsp3) is 0.263. The van der Waals surface area contributed by atoms with E-state index in [1.807, 2.05) is 6.07 Å². The van der Waals surface area contributed by atoms with Gasteiger partial charge in [-0.05, 0) is 60.7 Å². The molecule has 1 fully saturated rings. The third-order valence-corrected chi connectivity index (χ3v) is 4.33. The second-order valence-corrected chi connectivity index (χ2v) is 5.96. The lowest BCUT2D eigenvalue weighted by Gasteiger charge is -2.22. The van der Waals surface area contributed by atoms with Crippen molar-refractivity contribution in [3.05, 3.63) is 65.0 Å². The Bertz CT molecular complexity index is 783. The first-order valence-electron chi connectivity index (χ1n) is 8.06. The van der Waals surface area contributed by atoms with Gasteiger partial charge in [-0.25, -0.2) is 9.18 Å². The predicted octanol–water partition coefficient (Wildman–Crippen LogP) is 3.67. The van der Waals surface area contributed by atoms with Gasteiger partial charge in [-0.3, -0.25) is 4.79 Å². The zero-order valence-electron chi connectivity index (χ0n) is 13.5. The van der Waals surface area contributed by atoms with Gasteiger partial charge in [0, 0.05) is 18.8 Å². The molecule has 0 saturated carbocycles. The number of hydrogen-bond acceptors (Lipinski definition) is 3. The van der Waals surface area contributed by atoms with Crippen LogP contribution < -0.4 is 5.32 Å². The van der Waals surface area contributed by atoms with Crippen LogP contribution in [0, 0.1) is 5.82 Å². The van der Waals surface area contributed by atoms with Gasteiger partial charge in [0.1, 0.15) is 5.82 Å². The normalized spacial score (nSPS) is 14.9. The van der Waals surface area contributed by atoms with Crippen LogP contribution in [0.15, 0.2) is 42.5 Å². The molecule has 5 nitrogen and oxygen atoms in total. The highest BCUT2D eigenvalue weighted by molar-refractivity contribution is 6.04. The lowest BCUT2D eigenvalue weighted by Crippen LogP contribution is -2.15. The lowest BCUT2D eigenvalue weighted by molar-refractivity contribution is 0.0696. The number of anilines is 1. The van der Waals surface area contributed by atoms with Gasteiger partial charge in [-0.15, -0.1) is 0 Å². The van der Waals surface area contributed by atoms with Crippen LogP contribution in [0.5, 0.6) is 0 Å². The zero-order valence-corrected chi connectivity index (χ0v) is 13.5. The molecule has 0 atom stereocenters. The number of benzene rings is 2. The number of carboxylic acids is 1. The van der Waals surface area contributed by atoms with E-state index in [1.54, 1.807) is 6.07 Å². The molecule has 1 saturated heterocycles. The summed E-state index contributed by atoms with van der Waals surface area (Å²) in [4.78, 5) is 23.0. The van der Waals surface area contributed by atoms with Crippen LogP contribution in [0.4, 0.5) is 10.1 Å². The van der Waals surface area contributed by atoms with E-state index in [4.69, 9.17) is 9.84 Å². The Morgan fingerprint density at radius 2 is 1.68 bits per heavy atom. The Morgan fingerprint density at radius 1 is 1.04 bits per heavy atom. The van der Waals surface area contributed by atoms with E-state index in [-0.39, 0.29) is 22.7 Å². The van der Waals surface area contributed by atoms with Gasteiger partial charge in [0.15, 0.2) is 0 Å². The molecule has 3 rings (SSSR count). The molecule has 0 unspecified atom stereocenters. The Morgan fingerprint density at radius 3 is 2.28 bits per heavy atom. The van der Waals surface area contributed by atoms with Crippen LogP contribution in [0.1, 0.15) is 45.0 Å². The summed E-state index contributed by atoms with van der Waals surface area (Å²) in [6, 6.07) is 10.3. The smallest absolute Gasteiger partial charge is 0.335 e. The van der Waals surface area contributed by atoms with Gasteiger partial charge in [0.2, 0.25) is 0 Å². The summed E-state index contributed by atoms with van der Waals surface area (Å²) in [5.41, 5.74) is 1.36. The summed E-state index contributed by atoms with van der Waals surface area (Å²) in [7, 11) is 0. The molecule has 25 heavy (non-hydrogen) atoms. The van der Waals surface area contributed by atoms with Gasteiger partial charge in [-0.2, -0.15) is 0 Å². The summed E-state index contributed by atoms with van der Waals surface area (Å²) in [6.07, 6.45) is 1.72. The highest BCUT2D eigenvalue weighted by atomic mass is 19.1. The highest BCUT2D eigenvalue weighted by Gasteiger charge is 2.18. The number of aromatic carboxylic acids is 1. The van der Waals surface area contributed by atoms with Crippen molar-refractivity contribution < 1.29 is 23.8 Å². The number of amides is 1. The van der Waals surface area contributed by atoms with Gasteiger partial charge in [-0.1, -0.05) is 6.07 Å². The molecule has 0 radical (unpaired) electrons. The third-order valence-electron chi connectivity index (χ3n) is 4.33. The Labute approximate surface area is 144 Å². The maximum Gasteiger partial charge on any atom is 0.335 e. The monoisotopic (exact) mass is 343 g/mol. The minimum Gasteiger partial charge on any atom is -0.478 e. The maximum absolute atomic E-state index is 14.3. The van der Waals surface area contributed by atoms with Crippen molar-refractivity contribution in [2.45, 2.75) is 18.8 Å². The first-order valence-corrected chi connectivity index (χ1v) is 8.06. The molecule has 0 bridgehead atoms. The Balaban J connectivity index is 1.71. The molecule has 0 aromatic heterocycles. The minimum atomic E-state index is -1.07. The average Bonchev–Trinajstić information content (AvgIpc) is 2.64. The molecule has 130 valence electrons. The second kappa shape index (κ2) is 7.44. The van der Waals surface area contributed by atoms with Gasteiger partial charge in [0.05, 0.1) is 11.3 Å². The highest BCUT2D eigenvalue weighted by Crippen LogP contribution is 2.29. The van der Waals surface area contributed by atoms with E-state index in [1.165, 1.54) is 30.3 Å². The number of rotatable bonds is 4. The van der Waals surface area contributed by atoms with Gasteiger partial charge < -0.3 is 15.2 Å². The van der Waals surface area contributed by atoms with Crippen molar-refractivity contribution in [1.29, 1.82) is 0 Å². The van der Waals surface area contributed by atoms with Crippen molar-refractivity contribution in [1.82, 2.24) is 0 Å². The van der Waals surface area contributed by atoms with Crippen LogP contribution in [0.2, 0.25) is 0 Å². The summed E-state index contributed by atoms with van der Waals surface area (Å²) < 4.78 is 19.6. The van der Waals surface area contributed by atoms with Crippen LogP contribution in [0.25, 0.3) is 0 Å². The number of hydrogen-bond donors (Lipinski definition) is 2. The SMILES string of the molecule is O=C(O)c1ccc(C(=O)Nc2ccc(C3CCOCC3)cc2F)cc1. The number of nitrogens with one attached hydrogen (secondary N) is 1. The average molecular weight is 343 g/mol. The van der Waals surface area contributed by atoms with E-state index >= 15 is 0 Å². The zero-order chi connectivity index (χ0) is 17.8. The molecule has 2 N–H and O–H groups in total. The van der Waals surface area contributed by atoms with Crippen molar-refractivity contribution in [3.63, 3.8) is 0 Å². The van der Waals surface area contributed by atoms with Crippen molar-refractivity contribution in [2.24, 2.45) is 0 Å². The molecule has 0 spiro atoms. The van der Waals surface area contributed by atoms with E-state index in [9.17, 15) is 14.0 Å². The fourth-order valence-electron chi connectivity index (χ4n) is 2.88. The molecule has 1 heterocycles. The van der Waals surface area contributed by atoms with Crippen molar-refractivity contribution in [2.75, 3.05) is 18.5 Å². The third kappa shape index (κ3) is 4.03. The number of carbonyl (C=O) groups is 2. The first-order chi connectivity index (χ1) is 12.0. The predicted molar refractivity (Wildman–Crippen MR) is 90.5 cm³/mol. The minimum absolute atomic E-state index is 0.0866. The van der Waals surface area contributed by atoms with Crippen LogP contribution >= 0.6 is 0 Å². The number of halogens is 1. The number of ether oxygens (including phenoxy) is 1. The molecule has 2 aromatic carbocycles. The molecule has 1 aliphatic heterocycles. The van der Waals surface area contributed by atoms with E-state index < -0.39 is 17.7 Å². The molecule has 0 aliphatic carbocycles. The largest absolute Gasteiger partial charge is 0.478 e. The molecule has 1 aliphatic rings. The van der Waals surface area contributed by atoms with E-state index in [2.05, 4.69) is 5.32 Å². The summed E-state index contributed by atoms with van der Waals surface area (Å²) in [6.45, 7) is 1.36. The fourth-order valence-corrected chi connectivity index (χ4v) is 2.88. The number of carbonyl (C=O) groups excluding carboxylic acids is 1. The van der Waals surface area contributed by atoms with Crippen LogP contribution in [0.3, 0.4) is 0 Å². The quantitative estimate of drug-likeness (QED) is 0.888. The first kappa shape index (κ1) is 17.1. The number of carboxylic acid groups (broad SMARTS) is 1. The van der Waals surface area contributed by atoms with Gasteiger partial charge >= 0.3 is 5.97 Å².